The van der Waals surface area contributed by atoms with E-state index in [1.165, 1.54) is 17.8 Å². The summed E-state index contributed by atoms with van der Waals surface area (Å²) in [5.41, 5.74) is 2.14. The number of nitrogens with zero attached hydrogens (tertiary/aromatic N) is 3. The first-order valence-electron chi connectivity index (χ1n) is 8.92. The molecule has 0 aliphatic carbocycles. The van der Waals surface area contributed by atoms with Gasteiger partial charge in [-0.2, -0.15) is 0 Å². The molecule has 27 heavy (non-hydrogen) atoms. The van der Waals surface area contributed by atoms with Crippen molar-refractivity contribution in [3.05, 3.63) is 58.9 Å². The molecule has 2 aromatic carbocycles. The normalized spacial score (nSPS) is 14.2. The molecule has 1 amide bonds. The highest BCUT2D eigenvalue weighted by atomic mass is 35.5. The van der Waals surface area contributed by atoms with Crippen LogP contribution >= 0.6 is 23.4 Å². The van der Waals surface area contributed by atoms with Gasteiger partial charge in [0.25, 0.3) is 0 Å². The topological polar surface area (TPSA) is 38.1 Å². The van der Waals surface area contributed by atoms with Gasteiger partial charge >= 0.3 is 0 Å². The van der Waals surface area contributed by atoms with Crippen molar-refractivity contribution in [2.75, 3.05) is 18.8 Å². The molecular weight excluding hydrogens is 385 g/mol. The number of amides is 1. The van der Waals surface area contributed by atoms with E-state index in [2.05, 4.69) is 4.98 Å². The van der Waals surface area contributed by atoms with Gasteiger partial charge in [-0.3, -0.25) is 4.79 Å². The first-order chi connectivity index (χ1) is 13.1. The minimum absolute atomic E-state index is 0.125. The number of para-hydroxylation sites is 2. The van der Waals surface area contributed by atoms with Crippen LogP contribution in [-0.2, 0) is 11.3 Å². The first-order valence-corrected chi connectivity index (χ1v) is 10.3. The summed E-state index contributed by atoms with van der Waals surface area (Å²) in [6, 6.07) is 12.4. The highest BCUT2D eigenvalue weighted by molar-refractivity contribution is 7.99. The molecule has 0 atom stereocenters. The molecule has 0 N–H and O–H groups in total. The molecule has 4 nitrogen and oxygen atoms in total. The lowest BCUT2D eigenvalue weighted by Crippen LogP contribution is -2.29. The van der Waals surface area contributed by atoms with Crippen LogP contribution in [0.5, 0.6) is 0 Å². The van der Waals surface area contributed by atoms with Gasteiger partial charge in [0.1, 0.15) is 5.82 Å². The fourth-order valence-corrected chi connectivity index (χ4v) is 4.48. The van der Waals surface area contributed by atoms with Crippen molar-refractivity contribution >= 4 is 40.3 Å². The Hall–Kier alpha value is -2.05. The fourth-order valence-electron chi connectivity index (χ4n) is 3.34. The van der Waals surface area contributed by atoms with E-state index in [1.54, 1.807) is 12.1 Å². The summed E-state index contributed by atoms with van der Waals surface area (Å²) in [5, 5.41) is 1.08. The molecule has 3 aromatic rings. The molecule has 0 spiro atoms. The van der Waals surface area contributed by atoms with E-state index < -0.39 is 0 Å². The Labute approximate surface area is 166 Å². The number of halogens is 2. The Balaban J connectivity index is 1.64. The molecule has 1 aliphatic heterocycles. The smallest absolute Gasteiger partial charge is 0.233 e. The second kappa shape index (κ2) is 7.90. The number of carbonyl (C=O) groups excluding carboxylic acids is 1. The van der Waals surface area contributed by atoms with Crippen molar-refractivity contribution < 1.29 is 9.18 Å². The Morgan fingerprint density at radius 1 is 1.15 bits per heavy atom. The summed E-state index contributed by atoms with van der Waals surface area (Å²) >= 11 is 7.62. The molecule has 4 rings (SSSR count). The van der Waals surface area contributed by atoms with Crippen LogP contribution in [0.15, 0.2) is 47.6 Å². The Kier molecular flexibility index (Phi) is 5.36. The van der Waals surface area contributed by atoms with E-state index >= 15 is 0 Å². The largest absolute Gasteiger partial charge is 0.342 e. The molecule has 2 heterocycles. The Morgan fingerprint density at radius 2 is 1.93 bits per heavy atom. The van der Waals surface area contributed by atoms with Gasteiger partial charge in [0.2, 0.25) is 5.91 Å². The number of thioether (sulfide) groups is 1. The summed E-state index contributed by atoms with van der Waals surface area (Å²) in [6.07, 6.45) is 2.14. The van der Waals surface area contributed by atoms with E-state index in [4.69, 9.17) is 11.6 Å². The molecule has 1 fully saturated rings. The quantitative estimate of drug-likeness (QED) is 0.585. The van der Waals surface area contributed by atoms with Gasteiger partial charge in [-0.25, -0.2) is 9.37 Å². The van der Waals surface area contributed by atoms with Gasteiger partial charge in [0.05, 0.1) is 23.3 Å². The predicted octanol–water partition coefficient (Wildman–Crippen LogP) is 4.59. The molecule has 1 aliphatic rings. The standard InChI is InChI=1S/C20H19ClFN3OS/c21-15-6-5-7-16(22)14(15)12-25-18-9-2-1-8-17(18)23-20(25)27-13-19(26)24-10-3-4-11-24/h1-2,5-9H,3-4,10-13H2. The van der Waals surface area contributed by atoms with Crippen LogP contribution in [0.25, 0.3) is 11.0 Å². The fraction of sp³-hybridized carbons (Fsp3) is 0.300. The van der Waals surface area contributed by atoms with Gasteiger partial charge < -0.3 is 9.47 Å². The van der Waals surface area contributed by atoms with Crippen LogP contribution < -0.4 is 0 Å². The maximum Gasteiger partial charge on any atom is 0.233 e. The lowest BCUT2D eigenvalue weighted by Gasteiger charge is -2.15. The highest BCUT2D eigenvalue weighted by Gasteiger charge is 2.20. The summed E-state index contributed by atoms with van der Waals surface area (Å²) in [6.45, 7) is 1.94. The third kappa shape index (κ3) is 3.82. The zero-order valence-electron chi connectivity index (χ0n) is 14.7. The van der Waals surface area contributed by atoms with Crippen molar-refractivity contribution in [1.82, 2.24) is 14.5 Å². The zero-order chi connectivity index (χ0) is 18.8. The van der Waals surface area contributed by atoms with Crippen molar-refractivity contribution in [1.29, 1.82) is 0 Å². The number of aromatic nitrogens is 2. The number of rotatable bonds is 5. The lowest BCUT2D eigenvalue weighted by molar-refractivity contribution is -0.127. The van der Waals surface area contributed by atoms with Crippen molar-refractivity contribution in [2.45, 2.75) is 24.5 Å². The van der Waals surface area contributed by atoms with E-state index in [0.717, 1.165) is 37.0 Å². The maximum absolute atomic E-state index is 14.3. The van der Waals surface area contributed by atoms with Crippen LogP contribution in [-0.4, -0.2) is 39.2 Å². The SMILES string of the molecule is O=C(CSc1nc2ccccc2n1Cc1c(F)cccc1Cl)N1CCCC1. The average molecular weight is 404 g/mol. The van der Waals surface area contributed by atoms with Gasteiger partial charge in [-0.15, -0.1) is 0 Å². The second-order valence-electron chi connectivity index (χ2n) is 6.55. The highest BCUT2D eigenvalue weighted by Crippen LogP contribution is 2.28. The van der Waals surface area contributed by atoms with Crippen LogP contribution in [0.1, 0.15) is 18.4 Å². The molecular formula is C20H19ClFN3OS. The Morgan fingerprint density at radius 3 is 2.70 bits per heavy atom. The molecule has 0 bridgehead atoms. The van der Waals surface area contributed by atoms with Crippen LogP contribution in [0.3, 0.4) is 0 Å². The zero-order valence-corrected chi connectivity index (χ0v) is 16.3. The number of likely N-dealkylation sites (tertiary alicyclic amines) is 1. The molecule has 1 aromatic heterocycles. The number of hydrogen-bond donors (Lipinski definition) is 0. The summed E-state index contributed by atoms with van der Waals surface area (Å²) in [4.78, 5) is 19.0. The van der Waals surface area contributed by atoms with Gasteiger partial charge in [0, 0.05) is 23.7 Å². The molecule has 0 saturated carbocycles. The first kappa shape index (κ1) is 18.3. The number of hydrogen-bond acceptors (Lipinski definition) is 3. The molecule has 0 radical (unpaired) electrons. The molecule has 7 heteroatoms. The predicted molar refractivity (Wildman–Crippen MR) is 107 cm³/mol. The van der Waals surface area contributed by atoms with Crippen molar-refractivity contribution in [3.8, 4) is 0 Å². The number of benzene rings is 2. The second-order valence-corrected chi connectivity index (χ2v) is 7.90. The molecule has 1 saturated heterocycles. The van der Waals surface area contributed by atoms with E-state index in [-0.39, 0.29) is 18.3 Å². The molecule has 0 unspecified atom stereocenters. The van der Waals surface area contributed by atoms with E-state index in [1.807, 2.05) is 33.7 Å². The van der Waals surface area contributed by atoms with E-state index in [0.29, 0.717) is 21.5 Å². The summed E-state index contributed by atoms with van der Waals surface area (Å²) in [7, 11) is 0. The van der Waals surface area contributed by atoms with Crippen LogP contribution in [0.4, 0.5) is 4.39 Å². The van der Waals surface area contributed by atoms with Crippen LogP contribution in [0.2, 0.25) is 5.02 Å². The third-order valence-corrected chi connectivity index (χ3v) is 6.10. The van der Waals surface area contributed by atoms with Crippen LogP contribution in [0, 0.1) is 5.82 Å². The van der Waals surface area contributed by atoms with Gasteiger partial charge in [-0.1, -0.05) is 41.6 Å². The third-order valence-electron chi connectivity index (χ3n) is 4.78. The minimum Gasteiger partial charge on any atom is -0.342 e. The number of carbonyl (C=O) groups is 1. The van der Waals surface area contributed by atoms with Gasteiger partial charge in [0.15, 0.2) is 5.16 Å². The monoisotopic (exact) mass is 403 g/mol. The number of imidazole rings is 1. The number of fused-ring (bicyclic) bond motifs is 1. The minimum atomic E-state index is -0.343. The average Bonchev–Trinajstić information content (AvgIpc) is 3.31. The van der Waals surface area contributed by atoms with Gasteiger partial charge in [-0.05, 0) is 37.1 Å². The Bertz CT molecular complexity index is 964. The van der Waals surface area contributed by atoms with Crippen molar-refractivity contribution in [3.63, 3.8) is 0 Å². The lowest BCUT2D eigenvalue weighted by atomic mass is 10.2. The maximum atomic E-state index is 14.3. The summed E-state index contributed by atoms with van der Waals surface area (Å²) in [5.74, 6) is 0.110. The molecule has 140 valence electrons. The summed E-state index contributed by atoms with van der Waals surface area (Å²) < 4.78 is 16.2. The van der Waals surface area contributed by atoms with Crippen molar-refractivity contribution in [2.24, 2.45) is 0 Å². The van der Waals surface area contributed by atoms with E-state index in [9.17, 15) is 9.18 Å².